The molecule has 0 fully saturated rings. The van der Waals surface area contributed by atoms with E-state index in [1.54, 1.807) is 0 Å². The Morgan fingerprint density at radius 3 is 1.71 bits per heavy atom. The van der Waals surface area contributed by atoms with Crippen LogP contribution in [0.5, 0.6) is 11.5 Å². The van der Waals surface area contributed by atoms with Crippen molar-refractivity contribution in [3.8, 4) is 56.0 Å². The van der Waals surface area contributed by atoms with Crippen LogP contribution < -0.4 is 4.74 Å². The Kier molecular flexibility index (Phi) is 5.86. The fourth-order valence-electron chi connectivity index (χ4n) is 8.40. The van der Waals surface area contributed by atoms with E-state index in [0.29, 0.717) is 0 Å². The van der Waals surface area contributed by atoms with Crippen LogP contribution in [0.3, 0.4) is 0 Å². The summed E-state index contributed by atoms with van der Waals surface area (Å²) >= 11 is 0. The predicted octanol–water partition coefficient (Wildman–Crippen LogP) is 12.3. The van der Waals surface area contributed by atoms with Crippen LogP contribution >= 0.6 is 0 Å². The summed E-state index contributed by atoms with van der Waals surface area (Å²) in [6, 6.07) is 66.2. The fraction of sp³-hybridized carbons (Fsp3) is 0.0213. The summed E-state index contributed by atoms with van der Waals surface area (Å²) in [6.07, 6.45) is 0. The lowest BCUT2D eigenvalue weighted by Gasteiger charge is -2.34. The van der Waals surface area contributed by atoms with Crippen LogP contribution in [0.15, 0.2) is 182 Å². The van der Waals surface area contributed by atoms with Gasteiger partial charge in [-0.2, -0.15) is 0 Å². The summed E-state index contributed by atoms with van der Waals surface area (Å²) in [5, 5.41) is 2.35. The van der Waals surface area contributed by atoms with Crippen LogP contribution in [-0.2, 0) is 5.41 Å². The molecule has 0 bridgehead atoms. The van der Waals surface area contributed by atoms with Crippen molar-refractivity contribution in [3.05, 3.63) is 204 Å². The van der Waals surface area contributed by atoms with Gasteiger partial charge in [0.2, 0.25) is 0 Å². The van der Waals surface area contributed by atoms with Gasteiger partial charge in [0.25, 0.3) is 0 Å². The average Bonchev–Trinajstić information content (AvgIpc) is 3.46. The summed E-state index contributed by atoms with van der Waals surface area (Å²) in [4.78, 5) is 0. The highest BCUT2D eigenvalue weighted by Crippen LogP contribution is 2.58. The SMILES string of the molecule is c1ccc(-c2cc3c4c(cccc4c2-c2ccc4c(c2)C(c2ccccc2)(c2ccccc2)c2ccccc2-4)-c2ccccc2O3)cc1. The van der Waals surface area contributed by atoms with E-state index in [-0.39, 0.29) is 0 Å². The molecule has 1 heteroatoms. The summed E-state index contributed by atoms with van der Waals surface area (Å²) in [6.45, 7) is 0. The molecule has 0 atom stereocenters. The van der Waals surface area contributed by atoms with Crippen LogP contribution in [0.2, 0.25) is 0 Å². The Morgan fingerprint density at radius 1 is 0.354 bits per heavy atom. The molecule has 1 heterocycles. The maximum Gasteiger partial charge on any atom is 0.136 e. The van der Waals surface area contributed by atoms with Crippen molar-refractivity contribution >= 4 is 10.8 Å². The third kappa shape index (κ3) is 3.73. The van der Waals surface area contributed by atoms with E-state index in [2.05, 4.69) is 176 Å². The number of ether oxygens (including phenoxy) is 1. The Bertz CT molecular complexity index is 2470. The van der Waals surface area contributed by atoms with E-state index in [9.17, 15) is 0 Å². The van der Waals surface area contributed by atoms with E-state index in [1.165, 1.54) is 61.0 Å². The van der Waals surface area contributed by atoms with Gasteiger partial charge in [0.05, 0.1) is 5.41 Å². The Labute approximate surface area is 280 Å². The quantitative estimate of drug-likeness (QED) is 0.193. The van der Waals surface area contributed by atoms with Crippen molar-refractivity contribution in [2.24, 2.45) is 0 Å². The normalized spacial score (nSPS) is 13.3. The minimum atomic E-state index is -0.467. The molecule has 48 heavy (non-hydrogen) atoms. The minimum Gasteiger partial charge on any atom is -0.456 e. The van der Waals surface area contributed by atoms with Gasteiger partial charge in [-0.1, -0.05) is 164 Å². The summed E-state index contributed by atoms with van der Waals surface area (Å²) in [5.41, 5.74) is 14.3. The molecular formula is C47H30O. The number of fused-ring (bicyclic) bond motifs is 5. The minimum absolute atomic E-state index is 0.467. The summed E-state index contributed by atoms with van der Waals surface area (Å²) in [5.74, 6) is 1.80. The number of hydrogen-bond acceptors (Lipinski definition) is 1. The highest BCUT2D eigenvalue weighted by atomic mass is 16.5. The first-order valence-electron chi connectivity index (χ1n) is 16.6. The van der Waals surface area contributed by atoms with Crippen molar-refractivity contribution in [3.63, 3.8) is 0 Å². The van der Waals surface area contributed by atoms with Crippen molar-refractivity contribution < 1.29 is 4.74 Å². The summed E-state index contributed by atoms with van der Waals surface area (Å²) < 4.78 is 6.67. The fourth-order valence-corrected chi connectivity index (χ4v) is 8.40. The van der Waals surface area contributed by atoms with E-state index < -0.39 is 5.41 Å². The monoisotopic (exact) mass is 610 g/mol. The first kappa shape index (κ1) is 27.0. The van der Waals surface area contributed by atoms with Gasteiger partial charge in [-0.05, 0) is 84.8 Å². The third-order valence-corrected chi connectivity index (χ3v) is 10.4. The number of hydrogen-bond donors (Lipinski definition) is 0. The average molecular weight is 611 g/mol. The van der Waals surface area contributed by atoms with Gasteiger partial charge in [-0.25, -0.2) is 0 Å². The van der Waals surface area contributed by atoms with Crippen LogP contribution in [0, 0.1) is 0 Å². The van der Waals surface area contributed by atoms with Gasteiger partial charge in [0.15, 0.2) is 0 Å². The van der Waals surface area contributed by atoms with E-state index in [1.807, 2.05) is 6.07 Å². The number of benzene rings is 8. The summed E-state index contributed by atoms with van der Waals surface area (Å²) in [7, 11) is 0. The van der Waals surface area contributed by atoms with Gasteiger partial charge in [0, 0.05) is 10.9 Å². The lowest BCUT2D eigenvalue weighted by Crippen LogP contribution is -2.28. The lowest BCUT2D eigenvalue weighted by atomic mass is 9.67. The van der Waals surface area contributed by atoms with Crippen molar-refractivity contribution in [2.45, 2.75) is 5.41 Å². The molecule has 0 spiro atoms. The zero-order valence-corrected chi connectivity index (χ0v) is 26.2. The molecular weight excluding hydrogens is 581 g/mol. The molecule has 1 aliphatic heterocycles. The molecule has 0 radical (unpaired) electrons. The predicted molar refractivity (Wildman–Crippen MR) is 198 cm³/mol. The van der Waals surface area contributed by atoms with Gasteiger partial charge in [0.1, 0.15) is 11.5 Å². The zero-order valence-electron chi connectivity index (χ0n) is 26.2. The van der Waals surface area contributed by atoms with E-state index >= 15 is 0 Å². The van der Waals surface area contributed by atoms with Gasteiger partial charge in [-0.3, -0.25) is 0 Å². The number of para-hydroxylation sites is 1. The smallest absolute Gasteiger partial charge is 0.136 e. The topological polar surface area (TPSA) is 9.23 Å². The van der Waals surface area contributed by atoms with Gasteiger partial charge < -0.3 is 4.74 Å². The number of rotatable bonds is 4. The molecule has 2 aliphatic rings. The van der Waals surface area contributed by atoms with Crippen LogP contribution in [0.1, 0.15) is 22.3 Å². The Hall–Kier alpha value is -6.18. The molecule has 8 aromatic carbocycles. The Balaban J connectivity index is 1.32. The van der Waals surface area contributed by atoms with Crippen molar-refractivity contribution in [1.82, 2.24) is 0 Å². The molecule has 1 aliphatic carbocycles. The standard InChI is InChI=1S/C47H30O/c1-4-15-31(16-5-1)40-30-44-46-38(37-22-11-13-26-43(37)48-44)23-14-24-39(46)45(40)32-27-28-36-35-21-10-12-25-41(35)47(42(36)29-32,33-17-6-2-7-18-33)34-19-8-3-9-20-34/h1-30H. The highest BCUT2D eigenvalue weighted by Gasteiger charge is 2.46. The molecule has 0 aromatic heterocycles. The molecule has 8 aromatic rings. The molecule has 0 unspecified atom stereocenters. The van der Waals surface area contributed by atoms with E-state index in [4.69, 9.17) is 4.74 Å². The second-order valence-electron chi connectivity index (χ2n) is 12.8. The van der Waals surface area contributed by atoms with Crippen molar-refractivity contribution in [1.29, 1.82) is 0 Å². The zero-order chi connectivity index (χ0) is 31.7. The Morgan fingerprint density at radius 2 is 0.958 bits per heavy atom. The largest absolute Gasteiger partial charge is 0.456 e. The maximum atomic E-state index is 6.67. The molecule has 10 rings (SSSR count). The lowest BCUT2D eigenvalue weighted by molar-refractivity contribution is 0.487. The first-order valence-corrected chi connectivity index (χ1v) is 16.6. The molecule has 224 valence electrons. The molecule has 0 N–H and O–H groups in total. The second-order valence-corrected chi connectivity index (χ2v) is 12.8. The van der Waals surface area contributed by atoms with E-state index in [0.717, 1.165) is 28.0 Å². The van der Waals surface area contributed by atoms with Crippen LogP contribution in [0.4, 0.5) is 0 Å². The maximum absolute atomic E-state index is 6.67. The van der Waals surface area contributed by atoms with Crippen LogP contribution in [0.25, 0.3) is 55.3 Å². The second kappa shape index (κ2) is 10.4. The highest BCUT2D eigenvalue weighted by molar-refractivity contribution is 6.14. The molecule has 0 saturated carbocycles. The van der Waals surface area contributed by atoms with Crippen molar-refractivity contribution in [2.75, 3.05) is 0 Å². The molecule has 0 saturated heterocycles. The van der Waals surface area contributed by atoms with Gasteiger partial charge in [-0.15, -0.1) is 0 Å². The first-order chi connectivity index (χ1) is 23.8. The molecule has 0 amide bonds. The molecule has 1 nitrogen and oxygen atoms in total. The van der Waals surface area contributed by atoms with Crippen LogP contribution in [-0.4, -0.2) is 0 Å². The van der Waals surface area contributed by atoms with Gasteiger partial charge >= 0.3 is 0 Å². The third-order valence-electron chi connectivity index (χ3n) is 10.4.